The van der Waals surface area contributed by atoms with Crippen LogP contribution in [0, 0.1) is 0 Å². The molecule has 4 N–H and O–H groups in total. The van der Waals surface area contributed by atoms with Gasteiger partial charge in [0.25, 0.3) is 0 Å². The minimum atomic E-state index is -0.602. The van der Waals surface area contributed by atoms with E-state index in [1.165, 1.54) is 0 Å². The van der Waals surface area contributed by atoms with Crippen LogP contribution in [0.15, 0.2) is 0 Å². The molecule has 0 fully saturated rings. The number of carbonyl (C=O) groups is 1. The molecule has 0 saturated carbocycles. The van der Waals surface area contributed by atoms with Gasteiger partial charge in [-0.3, -0.25) is 0 Å². The molecule has 0 amide bonds. The van der Waals surface area contributed by atoms with Crippen molar-refractivity contribution in [3.8, 4) is 0 Å². The Bertz CT molecular complexity index is 58.5. The zero-order valence-electron chi connectivity index (χ0n) is 4.10. The Balaban J connectivity index is -0.0000000417. The Morgan fingerprint density at radius 1 is 1.44 bits per heavy atom. The molecule has 2 radical (unpaired) electrons. The smallest absolute Gasteiger partial charge is 0.338 e. The molecule has 0 aliphatic rings. The maximum Gasteiger partial charge on any atom is 0.338 e. The Hall–Kier alpha value is 0.922. The Morgan fingerprint density at radius 2 is 1.78 bits per heavy atom. The van der Waals surface area contributed by atoms with Crippen molar-refractivity contribution in [2.45, 2.75) is 0 Å². The maximum absolute atomic E-state index is 9.71. The molecule has 0 aromatic rings. The van der Waals surface area contributed by atoms with Crippen LogP contribution in [0.4, 0.5) is 0 Å². The Morgan fingerprint density at radius 3 is 1.78 bits per heavy atom. The molecule has 0 unspecified atom stereocenters. The van der Waals surface area contributed by atoms with Gasteiger partial charge in [0, 0.05) is 50.6 Å². The average molecular weight is 276 g/mol. The van der Waals surface area contributed by atoms with Gasteiger partial charge >= 0.3 is 5.97 Å². The third-order valence-corrected chi connectivity index (χ3v) is 0.298. The van der Waals surface area contributed by atoms with Crippen LogP contribution in [-0.4, -0.2) is 12.5 Å². The van der Waals surface area contributed by atoms with Crippen LogP contribution >= 0.6 is 0 Å². The molecular formula is C2H6Cu2N2NiO2. The zero-order chi connectivity index (χ0) is 4.99. The molecule has 0 rings (SSSR count). The second kappa shape index (κ2) is 16.0. The molecule has 0 saturated heterocycles. The molecule has 0 bridgehead atoms. The van der Waals surface area contributed by atoms with E-state index < -0.39 is 5.97 Å². The second-order valence-corrected chi connectivity index (χ2v) is 0.694. The molecule has 0 aromatic carbocycles. The van der Waals surface area contributed by atoms with Crippen LogP contribution in [0.1, 0.15) is 0 Å². The summed E-state index contributed by atoms with van der Waals surface area (Å²) in [5, 5.41) is 0. The van der Waals surface area contributed by atoms with Gasteiger partial charge in [-0.15, -0.1) is 0 Å². The van der Waals surface area contributed by atoms with E-state index in [9.17, 15) is 4.79 Å². The van der Waals surface area contributed by atoms with Crippen molar-refractivity contribution in [3.05, 3.63) is 0 Å². The molecule has 0 aromatic heterocycles. The number of hydrogen-bond acceptors (Lipinski definition) is 4. The van der Waals surface area contributed by atoms with E-state index in [0.29, 0.717) is 0 Å². The van der Waals surface area contributed by atoms with Gasteiger partial charge in [-0.1, -0.05) is 0 Å². The first-order valence-corrected chi connectivity index (χ1v) is 1.41. The summed E-state index contributed by atoms with van der Waals surface area (Å²) < 4.78 is 0. The zero-order valence-corrected chi connectivity index (χ0v) is 6.97. The molecule has 0 aliphatic heterocycles. The van der Waals surface area contributed by atoms with Crippen molar-refractivity contribution >= 4 is 5.97 Å². The van der Waals surface area contributed by atoms with Crippen molar-refractivity contribution in [1.82, 2.24) is 0 Å². The summed E-state index contributed by atoms with van der Waals surface area (Å²) in [6.07, 6.45) is 0. The summed E-state index contributed by atoms with van der Waals surface area (Å²) >= 11 is 0. The molecule has 0 atom stereocenters. The summed E-state index contributed by atoms with van der Waals surface area (Å²) in [5.41, 5.74) is 4.73. The fourth-order valence-electron chi connectivity index (χ4n) is 0.0481. The van der Waals surface area contributed by atoms with Gasteiger partial charge in [0.05, 0.1) is 6.54 Å². The first kappa shape index (κ1) is 22.5. The number of rotatable bonds is 1. The fraction of sp³-hybridized carbons (Fsp3) is 0.500. The van der Waals surface area contributed by atoms with Crippen LogP contribution in [-0.2, 0) is 60.3 Å². The summed E-state index contributed by atoms with van der Waals surface area (Å²) in [4.78, 5) is 13.3. The van der Waals surface area contributed by atoms with Gasteiger partial charge in [-0.25, -0.2) is 4.79 Å². The largest absolute Gasteiger partial charge is 0.372 e. The van der Waals surface area contributed by atoms with E-state index in [0.717, 1.165) is 0 Å². The van der Waals surface area contributed by atoms with Gasteiger partial charge in [0.1, 0.15) is 0 Å². The second-order valence-electron chi connectivity index (χ2n) is 0.694. The molecule has 68 valence electrons. The van der Waals surface area contributed by atoms with E-state index in [2.05, 4.69) is 10.7 Å². The van der Waals surface area contributed by atoms with E-state index in [1.54, 1.807) is 0 Å². The number of hydrogen-bond donors (Lipinski definition) is 2. The van der Waals surface area contributed by atoms with Crippen LogP contribution in [0.25, 0.3) is 0 Å². The van der Waals surface area contributed by atoms with Crippen LogP contribution in [0.5, 0.6) is 0 Å². The van der Waals surface area contributed by atoms with Crippen LogP contribution in [0.3, 0.4) is 0 Å². The van der Waals surface area contributed by atoms with Gasteiger partial charge in [-0.2, -0.15) is 5.90 Å². The third kappa shape index (κ3) is 17.6. The van der Waals surface area contributed by atoms with E-state index in [1.807, 2.05) is 0 Å². The Labute approximate surface area is 84.3 Å². The van der Waals surface area contributed by atoms with Gasteiger partial charge < -0.3 is 10.6 Å². The van der Waals surface area contributed by atoms with E-state index in [4.69, 9.17) is 5.73 Å². The first-order chi connectivity index (χ1) is 2.81. The first-order valence-electron chi connectivity index (χ1n) is 1.41. The molecule has 0 spiro atoms. The summed E-state index contributed by atoms with van der Waals surface area (Å²) in [6, 6.07) is 0. The van der Waals surface area contributed by atoms with Crippen molar-refractivity contribution in [2.75, 3.05) is 6.54 Å². The molecular weight excluding hydrogens is 270 g/mol. The maximum atomic E-state index is 9.71. The van der Waals surface area contributed by atoms with E-state index in [-0.39, 0.29) is 57.2 Å². The predicted octanol–water partition coefficient (Wildman–Crippen LogP) is -1.65. The monoisotopic (exact) mass is 274 g/mol. The van der Waals surface area contributed by atoms with Crippen molar-refractivity contribution in [2.24, 2.45) is 11.6 Å². The summed E-state index contributed by atoms with van der Waals surface area (Å²) in [5.74, 6) is 3.75. The number of nitrogens with two attached hydrogens (primary N) is 2. The van der Waals surface area contributed by atoms with Crippen LogP contribution in [0.2, 0.25) is 0 Å². The quantitative estimate of drug-likeness (QED) is 0.444. The normalized spacial score (nSPS) is 5.11. The Kier molecular flexibility index (Phi) is 40.0. The summed E-state index contributed by atoms with van der Waals surface area (Å²) in [6.45, 7) is -0.156. The topological polar surface area (TPSA) is 78.3 Å². The minimum absolute atomic E-state index is 0. The molecule has 0 heterocycles. The SMILES string of the molecule is NCC(=O)ON.[Cu].[Cu].[Ni]. The van der Waals surface area contributed by atoms with Gasteiger partial charge in [0.15, 0.2) is 0 Å². The third-order valence-electron chi connectivity index (χ3n) is 0.298. The summed E-state index contributed by atoms with van der Waals surface area (Å²) in [7, 11) is 0. The van der Waals surface area contributed by atoms with Crippen molar-refractivity contribution < 1.29 is 60.3 Å². The molecule has 0 aliphatic carbocycles. The standard InChI is InChI=1S/C2H6N2O2.2Cu.Ni/c3-1-2(5)6-4;;;/h1,3-4H2;;;. The molecule has 4 nitrogen and oxygen atoms in total. The predicted molar refractivity (Wildman–Crippen MR) is 19.3 cm³/mol. The molecule has 9 heavy (non-hydrogen) atoms. The van der Waals surface area contributed by atoms with Crippen LogP contribution < -0.4 is 11.6 Å². The molecule has 7 heteroatoms. The van der Waals surface area contributed by atoms with E-state index >= 15 is 0 Å². The van der Waals surface area contributed by atoms with Gasteiger partial charge in [-0.05, 0) is 0 Å². The number of carbonyl (C=O) groups excluding carboxylic acids is 1. The van der Waals surface area contributed by atoms with Crippen molar-refractivity contribution in [1.29, 1.82) is 0 Å². The van der Waals surface area contributed by atoms with Crippen molar-refractivity contribution in [3.63, 3.8) is 0 Å². The van der Waals surface area contributed by atoms with Gasteiger partial charge in [0.2, 0.25) is 0 Å². The average Bonchev–Trinajstić information content (AvgIpc) is 1.65. The minimum Gasteiger partial charge on any atom is -0.372 e. The fourth-order valence-corrected chi connectivity index (χ4v) is 0.0481.